The van der Waals surface area contributed by atoms with Crippen molar-refractivity contribution >= 4 is 31.9 Å². The van der Waals surface area contributed by atoms with Crippen LogP contribution in [-0.4, -0.2) is 31.2 Å². The van der Waals surface area contributed by atoms with Crippen molar-refractivity contribution in [2.45, 2.75) is 6.54 Å². The van der Waals surface area contributed by atoms with Crippen molar-refractivity contribution in [3.05, 3.63) is 32.7 Å². The average molecular weight is 335 g/mol. The van der Waals surface area contributed by atoms with E-state index in [1.54, 1.807) is 0 Å². The van der Waals surface area contributed by atoms with E-state index in [-0.39, 0.29) is 0 Å². The SMILES string of the molecule is Brc1cc(Br)cc(CN2CCOCC2)c1. The quantitative estimate of drug-likeness (QED) is 0.824. The molecule has 0 unspecified atom stereocenters. The highest BCUT2D eigenvalue weighted by atomic mass is 79.9. The van der Waals surface area contributed by atoms with Gasteiger partial charge in [0.2, 0.25) is 0 Å². The zero-order chi connectivity index (χ0) is 10.7. The summed E-state index contributed by atoms with van der Waals surface area (Å²) in [5, 5.41) is 0. The Kier molecular flexibility index (Phi) is 4.20. The first-order chi connectivity index (χ1) is 7.24. The molecule has 82 valence electrons. The minimum Gasteiger partial charge on any atom is -0.379 e. The number of morpholine rings is 1. The first-order valence-electron chi connectivity index (χ1n) is 4.99. The van der Waals surface area contributed by atoms with Gasteiger partial charge in [-0.25, -0.2) is 0 Å². The fourth-order valence-corrected chi connectivity index (χ4v) is 3.11. The van der Waals surface area contributed by atoms with Gasteiger partial charge in [0.05, 0.1) is 13.2 Å². The molecular formula is C11H13Br2NO. The van der Waals surface area contributed by atoms with E-state index in [1.807, 2.05) is 0 Å². The molecule has 1 aromatic rings. The van der Waals surface area contributed by atoms with E-state index < -0.39 is 0 Å². The molecule has 0 bridgehead atoms. The standard InChI is InChI=1S/C11H13Br2NO/c12-10-5-9(6-11(13)7-10)8-14-1-3-15-4-2-14/h5-7H,1-4,8H2. The Morgan fingerprint density at radius 1 is 1.07 bits per heavy atom. The molecule has 1 aliphatic rings. The van der Waals surface area contributed by atoms with Gasteiger partial charge in [-0.15, -0.1) is 0 Å². The maximum absolute atomic E-state index is 5.32. The Morgan fingerprint density at radius 3 is 2.27 bits per heavy atom. The van der Waals surface area contributed by atoms with Crippen LogP contribution in [0.4, 0.5) is 0 Å². The van der Waals surface area contributed by atoms with Crippen molar-refractivity contribution in [1.82, 2.24) is 4.90 Å². The number of hydrogen-bond acceptors (Lipinski definition) is 2. The van der Waals surface area contributed by atoms with Crippen LogP contribution in [0.3, 0.4) is 0 Å². The second-order valence-corrected chi connectivity index (χ2v) is 5.50. The second-order valence-electron chi connectivity index (χ2n) is 3.67. The van der Waals surface area contributed by atoms with E-state index in [0.717, 1.165) is 41.8 Å². The van der Waals surface area contributed by atoms with E-state index in [1.165, 1.54) is 5.56 Å². The second kappa shape index (κ2) is 5.43. The molecule has 1 fully saturated rings. The summed E-state index contributed by atoms with van der Waals surface area (Å²) < 4.78 is 7.57. The summed E-state index contributed by atoms with van der Waals surface area (Å²) in [7, 11) is 0. The predicted octanol–water partition coefficient (Wildman–Crippen LogP) is 3.04. The van der Waals surface area contributed by atoms with E-state index in [0.29, 0.717) is 0 Å². The smallest absolute Gasteiger partial charge is 0.0594 e. The maximum atomic E-state index is 5.32. The van der Waals surface area contributed by atoms with Gasteiger partial charge in [-0.05, 0) is 23.8 Å². The number of benzene rings is 1. The van der Waals surface area contributed by atoms with Crippen LogP contribution in [0.15, 0.2) is 27.1 Å². The van der Waals surface area contributed by atoms with Crippen molar-refractivity contribution in [3.63, 3.8) is 0 Å². The highest BCUT2D eigenvalue weighted by Crippen LogP contribution is 2.21. The summed E-state index contributed by atoms with van der Waals surface area (Å²) in [6.45, 7) is 4.78. The summed E-state index contributed by atoms with van der Waals surface area (Å²) in [6.07, 6.45) is 0. The number of hydrogen-bond donors (Lipinski definition) is 0. The van der Waals surface area contributed by atoms with Crippen LogP contribution in [0.2, 0.25) is 0 Å². The van der Waals surface area contributed by atoms with Crippen LogP contribution >= 0.6 is 31.9 Å². The minimum atomic E-state index is 0.856. The van der Waals surface area contributed by atoms with Crippen molar-refractivity contribution in [1.29, 1.82) is 0 Å². The third kappa shape index (κ3) is 3.55. The molecule has 0 spiro atoms. The monoisotopic (exact) mass is 333 g/mol. The molecule has 0 N–H and O–H groups in total. The molecule has 4 heteroatoms. The fraction of sp³-hybridized carbons (Fsp3) is 0.455. The van der Waals surface area contributed by atoms with Crippen LogP contribution in [-0.2, 0) is 11.3 Å². The van der Waals surface area contributed by atoms with Gasteiger partial charge < -0.3 is 4.74 Å². The maximum Gasteiger partial charge on any atom is 0.0594 e. The Labute approximate surface area is 107 Å². The van der Waals surface area contributed by atoms with E-state index in [4.69, 9.17) is 4.74 Å². The van der Waals surface area contributed by atoms with E-state index in [9.17, 15) is 0 Å². The molecule has 15 heavy (non-hydrogen) atoms. The number of nitrogens with zero attached hydrogens (tertiary/aromatic N) is 1. The lowest BCUT2D eigenvalue weighted by Crippen LogP contribution is -2.35. The lowest BCUT2D eigenvalue weighted by atomic mass is 10.2. The van der Waals surface area contributed by atoms with Gasteiger partial charge in [0.15, 0.2) is 0 Å². The van der Waals surface area contributed by atoms with Crippen molar-refractivity contribution < 1.29 is 4.74 Å². The predicted molar refractivity (Wildman–Crippen MR) is 67.9 cm³/mol. The van der Waals surface area contributed by atoms with Crippen LogP contribution in [0, 0.1) is 0 Å². The molecule has 0 saturated carbocycles. The topological polar surface area (TPSA) is 12.5 Å². The summed E-state index contributed by atoms with van der Waals surface area (Å²) in [6, 6.07) is 6.39. The van der Waals surface area contributed by atoms with Crippen molar-refractivity contribution in [2.24, 2.45) is 0 Å². The van der Waals surface area contributed by atoms with Crippen LogP contribution in [0.1, 0.15) is 5.56 Å². The van der Waals surface area contributed by atoms with Crippen LogP contribution < -0.4 is 0 Å². The summed E-state index contributed by atoms with van der Waals surface area (Å²) in [5.74, 6) is 0. The Balaban J connectivity index is 2.02. The van der Waals surface area contributed by atoms with Crippen LogP contribution in [0.5, 0.6) is 0 Å². The molecule has 0 radical (unpaired) electrons. The molecule has 0 atom stereocenters. The lowest BCUT2D eigenvalue weighted by Gasteiger charge is -2.26. The summed E-state index contributed by atoms with van der Waals surface area (Å²) in [4.78, 5) is 2.41. The molecule has 0 aromatic heterocycles. The van der Waals surface area contributed by atoms with Gasteiger partial charge in [-0.2, -0.15) is 0 Å². The highest BCUT2D eigenvalue weighted by Gasteiger charge is 2.10. The third-order valence-electron chi connectivity index (χ3n) is 2.43. The Bertz CT molecular complexity index is 317. The normalized spacial score (nSPS) is 18.0. The summed E-state index contributed by atoms with van der Waals surface area (Å²) in [5.41, 5.74) is 1.33. The largest absolute Gasteiger partial charge is 0.379 e. The van der Waals surface area contributed by atoms with Gasteiger partial charge in [0.1, 0.15) is 0 Å². The molecule has 2 rings (SSSR count). The minimum absolute atomic E-state index is 0.856. The van der Waals surface area contributed by atoms with Gasteiger partial charge >= 0.3 is 0 Å². The van der Waals surface area contributed by atoms with E-state index >= 15 is 0 Å². The van der Waals surface area contributed by atoms with Gasteiger partial charge in [-0.1, -0.05) is 31.9 Å². The molecule has 1 heterocycles. The first kappa shape index (κ1) is 11.6. The Hall–Kier alpha value is 0.1000. The first-order valence-corrected chi connectivity index (χ1v) is 6.58. The van der Waals surface area contributed by atoms with Crippen LogP contribution in [0.25, 0.3) is 0 Å². The number of ether oxygens (including phenoxy) is 1. The molecule has 1 saturated heterocycles. The van der Waals surface area contributed by atoms with Crippen molar-refractivity contribution in [2.75, 3.05) is 26.3 Å². The molecule has 1 aromatic carbocycles. The number of halogens is 2. The Morgan fingerprint density at radius 2 is 1.67 bits per heavy atom. The van der Waals surface area contributed by atoms with Gasteiger partial charge in [0.25, 0.3) is 0 Å². The number of rotatable bonds is 2. The van der Waals surface area contributed by atoms with Crippen molar-refractivity contribution in [3.8, 4) is 0 Å². The zero-order valence-corrected chi connectivity index (χ0v) is 11.6. The molecule has 1 aliphatic heterocycles. The third-order valence-corrected chi connectivity index (χ3v) is 3.35. The van der Waals surface area contributed by atoms with E-state index in [2.05, 4.69) is 55.0 Å². The van der Waals surface area contributed by atoms with Gasteiger partial charge in [-0.3, -0.25) is 4.90 Å². The lowest BCUT2D eigenvalue weighted by molar-refractivity contribution is 0.0342. The average Bonchev–Trinajstić information content (AvgIpc) is 2.17. The molecule has 2 nitrogen and oxygen atoms in total. The van der Waals surface area contributed by atoms with Gasteiger partial charge in [0, 0.05) is 28.6 Å². The highest BCUT2D eigenvalue weighted by molar-refractivity contribution is 9.11. The molecule has 0 amide bonds. The fourth-order valence-electron chi connectivity index (χ4n) is 1.72. The molecular weight excluding hydrogens is 322 g/mol. The zero-order valence-electron chi connectivity index (χ0n) is 8.38. The molecule has 0 aliphatic carbocycles. The summed E-state index contributed by atoms with van der Waals surface area (Å²) >= 11 is 7.01.